The molecular formula is C15H30N2O. The van der Waals surface area contributed by atoms with Gasteiger partial charge in [0.05, 0.1) is 13.2 Å². The quantitative estimate of drug-likeness (QED) is 0.833. The maximum absolute atomic E-state index is 5.40. The van der Waals surface area contributed by atoms with Crippen molar-refractivity contribution in [1.82, 2.24) is 10.2 Å². The van der Waals surface area contributed by atoms with E-state index in [1.54, 1.807) is 0 Å². The van der Waals surface area contributed by atoms with Crippen molar-refractivity contribution in [3.05, 3.63) is 0 Å². The van der Waals surface area contributed by atoms with Crippen molar-refractivity contribution in [2.75, 3.05) is 32.8 Å². The van der Waals surface area contributed by atoms with Crippen LogP contribution in [0.2, 0.25) is 0 Å². The lowest BCUT2D eigenvalue weighted by atomic mass is 9.75. The summed E-state index contributed by atoms with van der Waals surface area (Å²) >= 11 is 0. The molecule has 1 heterocycles. The largest absolute Gasteiger partial charge is 0.379 e. The molecule has 0 radical (unpaired) electrons. The van der Waals surface area contributed by atoms with Crippen LogP contribution in [0.3, 0.4) is 0 Å². The van der Waals surface area contributed by atoms with Crippen LogP contribution in [-0.2, 0) is 4.74 Å². The fourth-order valence-electron chi connectivity index (χ4n) is 3.47. The first kappa shape index (κ1) is 14.3. The van der Waals surface area contributed by atoms with Crippen LogP contribution in [0.4, 0.5) is 0 Å². The first-order chi connectivity index (χ1) is 8.55. The summed E-state index contributed by atoms with van der Waals surface area (Å²) in [6, 6.07) is 1.33. The van der Waals surface area contributed by atoms with Crippen molar-refractivity contribution in [3.8, 4) is 0 Å². The van der Waals surface area contributed by atoms with Crippen LogP contribution in [0.5, 0.6) is 0 Å². The SMILES string of the molecule is CC(CN1CCOCC1)NC1CCCC(C)(C)C1. The molecule has 2 atom stereocenters. The first-order valence-corrected chi connectivity index (χ1v) is 7.61. The number of nitrogens with one attached hydrogen (secondary N) is 1. The molecule has 1 N–H and O–H groups in total. The van der Waals surface area contributed by atoms with E-state index < -0.39 is 0 Å². The second-order valence-electron chi connectivity index (χ2n) is 6.94. The highest BCUT2D eigenvalue weighted by Crippen LogP contribution is 2.35. The molecule has 3 nitrogen and oxygen atoms in total. The zero-order valence-corrected chi connectivity index (χ0v) is 12.4. The van der Waals surface area contributed by atoms with E-state index in [9.17, 15) is 0 Å². The maximum Gasteiger partial charge on any atom is 0.0594 e. The Morgan fingerprint density at radius 1 is 1.33 bits per heavy atom. The third-order valence-electron chi connectivity index (χ3n) is 4.36. The van der Waals surface area contributed by atoms with Crippen molar-refractivity contribution < 1.29 is 4.74 Å². The molecule has 0 spiro atoms. The molecule has 0 aromatic rings. The van der Waals surface area contributed by atoms with Gasteiger partial charge in [0.1, 0.15) is 0 Å². The third kappa shape index (κ3) is 4.52. The Morgan fingerprint density at radius 3 is 2.72 bits per heavy atom. The summed E-state index contributed by atoms with van der Waals surface area (Å²) in [5.74, 6) is 0. The Balaban J connectivity index is 1.71. The smallest absolute Gasteiger partial charge is 0.0594 e. The molecule has 2 rings (SSSR count). The van der Waals surface area contributed by atoms with E-state index in [1.165, 1.54) is 32.2 Å². The van der Waals surface area contributed by atoms with Gasteiger partial charge in [-0.05, 0) is 31.6 Å². The van der Waals surface area contributed by atoms with E-state index in [4.69, 9.17) is 4.74 Å². The van der Waals surface area contributed by atoms with Crippen molar-refractivity contribution in [2.45, 2.75) is 58.5 Å². The molecule has 2 unspecified atom stereocenters. The van der Waals surface area contributed by atoms with E-state index in [0.717, 1.165) is 32.3 Å². The molecule has 1 aliphatic heterocycles. The molecule has 18 heavy (non-hydrogen) atoms. The van der Waals surface area contributed by atoms with Crippen molar-refractivity contribution in [2.24, 2.45) is 5.41 Å². The van der Waals surface area contributed by atoms with Gasteiger partial charge >= 0.3 is 0 Å². The normalized spacial score (nSPS) is 31.2. The Bertz CT molecular complexity index is 249. The van der Waals surface area contributed by atoms with Crippen molar-refractivity contribution in [1.29, 1.82) is 0 Å². The van der Waals surface area contributed by atoms with E-state index >= 15 is 0 Å². The minimum absolute atomic E-state index is 0.536. The molecule has 1 saturated carbocycles. The highest BCUT2D eigenvalue weighted by atomic mass is 16.5. The van der Waals surface area contributed by atoms with Crippen LogP contribution in [0.25, 0.3) is 0 Å². The van der Waals surface area contributed by atoms with Gasteiger partial charge in [0.15, 0.2) is 0 Å². The standard InChI is InChI=1S/C15H30N2O/c1-13(12-17-7-9-18-10-8-17)16-14-5-4-6-15(2,3)11-14/h13-14,16H,4-12H2,1-3H3. The predicted molar refractivity (Wildman–Crippen MR) is 75.9 cm³/mol. The maximum atomic E-state index is 5.40. The summed E-state index contributed by atoms with van der Waals surface area (Å²) in [7, 11) is 0. The van der Waals surface area contributed by atoms with Crippen LogP contribution in [0.1, 0.15) is 46.5 Å². The minimum atomic E-state index is 0.536. The number of nitrogens with zero attached hydrogens (tertiary/aromatic N) is 1. The summed E-state index contributed by atoms with van der Waals surface area (Å²) in [6.07, 6.45) is 5.47. The van der Waals surface area contributed by atoms with Gasteiger partial charge in [0.25, 0.3) is 0 Å². The predicted octanol–water partition coefficient (Wildman–Crippen LogP) is 2.27. The Kier molecular flexibility index (Phi) is 5.05. The number of hydrogen-bond donors (Lipinski definition) is 1. The molecule has 106 valence electrons. The Morgan fingerprint density at radius 2 is 2.06 bits per heavy atom. The van der Waals surface area contributed by atoms with Crippen molar-refractivity contribution in [3.63, 3.8) is 0 Å². The molecule has 0 aromatic heterocycles. The molecule has 0 aromatic carbocycles. The zero-order valence-electron chi connectivity index (χ0n) is 12.4. The van der Waals surface area contributed by atoms with Gasteiger partial charge in [-0.1, -0.05) is 20.3 Å². The van der Waals surface area contributed by atoms with Crippen LogP contribution in [-0.4, -0.2) is 49.8 Å². The van der Waals surface area contributed by atoms with Crippen LogP contribution >= 0.6 is 0 Å². The highest BCUT2D eigenvalue weighted by Gasteiger charge is 2.28. The summed E-state index contributed by atoms with van der Waals surface area (Å²) in [5.41, 5.74) is 0.536. The number of ether oxygens (including phenoxy) is 1. The van der Waals surface area contributed by atoms with Gasteiger partial charge in [-0.3, -0.25) is 4.90 Å². The minimum Gasteiger partial charge on any atom is -0.379 e. The van der Waals surface area contributed by atoms with Gasteiger partial charge in [-0.25, -0.2) is 0 Å². The Labute approximate surface area is 112 Å². The molecular weight excluding hydrogens is 224 g/mol. The van der Waals surface area contributed by atoms with Crippen LogP contribution < -0.4 is 5.32 Å². The lowest BCUT2D eigenvalue weighted by Gasteiger charge is -2.38. The lowest BCUT2D eigenvalue weighted by Crippen LogP contribution is -2.48. The fourth-order valence-corrected chi connectivity index (χ4v) is 3.47. The third-order valence-corrected chi connectivity index (χ3v) is 4.36. The molecule has 2 fully saturated rings. The topological polar surface area (TPSA) is 24.5 Å². The summed E-state index contributed by atoms with van der Waals surface area (Å²) in [4.78, 5) is 2.52. The van der Waals surface area contributed by atoms with E-state index in [0.29, 0.717) is 11.5 Å². The van der Waals surface area contributed by atoms with Crippen LogP contribution in [0, 0.1) is 5.41 Å². The molecule has 3 heteroatoms. The lowest BCUT2D eigenvalue weighted by molar-refractivity contribution is 0.0330. The molecule has 1 saturated heterocycles. The van der Waals surface area contributed by atoms with E-state index in [2.05, 4.69) is 31.0 Å². The highest BCUT2D eigenvalue weighted by molar-refractivity contribution is 4.85. The fraction of sp³-hybridized carbons (Fsp3) is 1.00. The van der Waals surface area contributed by atoms with Crippen molar-refractivity contribution >= 4 is 0 Å². The monoisotopic (exact) mass is 254 g/mol. The van der Waals surface area contributed by atoms with Gasteiger partial charge < -0.3 is 10.1 Å². The van der Waals surface area contributed by atoms with Gasteiger partial charge in [-0.2, -0.15) is 0 Å². The molecule has 0 bridgehead atoms. The summed E-state index contributed by atoms with van der Waals surface area (Å²) in [6.45, 7) is 12.3. The summed E-state index contributed by atoms with van der Waals surface area (Å²) in [5, 5.41) is 3.84. The summed E-state index contributed by atoms with van der Waals surface area (Å²) < 4.78 is 5.40. The van der Waals surface area contributed by atoms with Gasteiger partial charge in [0.2, 0.25) is 0 Å². The van der Waals surface area contributed by atoms with Gasteiger partial charge in [0, 0.05) is 31.7 Å². The molecule has 0 amide bonds. The van der Waals surface area contributed by atoms with Gasteiger partial charge in [-0.15, -0.1) is 0 Å². The van der Waals surface area contributed by atoms with E-state index in [1.807, 2.05) is 0 Å². The first-order valence-electron chi connectivity index (χ1n) is 7.61. The number of morpholine rings is 1. The van der Waals surface area contributed by atoms with Crippen LogP contribution in [0.15, 0.2) is 0 Å². The second kappa shape index (κ2) is 6.36. The van der Waals surface area contributed by atoms with E-state index in [-0.39, 0.29) is 0 Å². The molecule has 2 aliphatic rings. The average molecular weight is 254 g/mol. The molecule has 1 aliphatic carbocycles. The number of rotatable bonds is 4. The number of hydrogen-bond acceptors (Lipinski definition) is 3. The second-order valence-corrected chi connectivity index (χ2v) is 6.94. The zero-order chi connectivity index (χ0) is 13.0. The Hall–Kier alpha value is -0.120. The average Bonchev–Trinajstić information content (AvgIpc) is 2.28.